The van der Waals surface area contributed by atoms with Gasteiger partial charge in [-0.3, -0.25) is 14.5 Å². The van der Waals surface area contributed by atoms with Crippen LogP contribution < -0.4 is 10.6 Å². The number of benzene rings is 1. The summed E-state index contributed by atoms with van der Waals surface area (Å²) in [5, 5.41) is 6.10. The number of carbonyl (C=O) groups is 2. The minimum Gasteiger partial charge on any atom is -0.339 e. The van der Waals surface area contributed by atoms with Gasteiger partial charge in [-0.2, -0.15) is 0 Å². The third-order valence-corrected chi connectivity index (χ3v) is 4.15. The van der Waals surface area contributed by atoms with Crippen LogP contribution in [0.1, 0.15) is 25.3 Å². The van der Waals surface area contributed by atoms with E-state index >= 15 is 0 Å². The van der Waals surface area contributed by atoms with Crippen molar-refractivity contribution < 1.29 is 9.59 Å². The Balaban J connectivity index is 1.77. The lowest BCUT2D eigenvalue weighted by molar-refractivity contribution is -0.133. The molecule has 1 fully saturated rings. The summed E-state index contributed by atoms with van der Waals surface area (Å²) >= 11 is 0. The molecule has 1 heterocycles. The van der Waals surface area contributed by atoms with Crippen LogP contribution in [-0.2, 0) is 9.59 Å². The van der Waals surface area contributed by atoms with Crippen molar-refractivity contribution in [2.75, 3.05) is 51.6 Å². The van der Waals surface area contributed by atoms with E-state index in [1.54, 1.807) is 11.9 Å². The smallest absolute Gasteiger partial charge is 0.238 e. The molecular weight excluding hydrogens is 304 g/mol. The summed E-state index contributed by atoms with van der Waals surface area (Å²) in [6.07, 6.45) is 0. The Morgan fingerprint density at radius 2 is 1.79 bits per heavy atom. The van der Waals surface area contributed by atoms with E-state index in [0.29, 0.717) is 5.92 Å². The van der Waals surface area contributed by atoms with E-state index in [9.17, 15) is 9.59 Å². The molecular formula is C18H28N4O2. The van der Waals surface area contributed by atoms with Crippen LogP contribution in [0, 0.1) is 0 Å². The fourth-order valence-electron chi connectivity index (χ4n) is 2.70. The molecule has 0 aliphatic carbocycles. The van der Waals surface area contributed by atoms with Gasteiger partial charge in [0.1, 0.15) is 0 Å². The largest absolute Gasteiger partial charge is 0.339 e. The lowest BCUT2D eigenvalue weighted by Gasteiger charge is -2.29. The number of nitrogens with zero attached hydrogens (tertiary/aromatic N) is 2. The van der Waals surface area contributed by atoms with E-state index in [1.165, 1.54) is 5.56 Å². The fraction of sp³-hybridized carbons (Fsp3) is 0.556. The number of hydrogen-bond acceptors (Lipinski definition) is 4. The molecule has 1 aliphatic rings. The third kappa shape index (κ3) is 5.62. The topological polar surface area (TPSA) is 64.7 Å². The van der Waals surface area contributed by atoms with Crippen molar-refractivity contribution >= 4 is 17.5 Å². The van der Waals surface area contributed by atoms with Crippen LogP contribution in [-0.4, -0.2) is 67.9 Å². The lowest BCUT2D eigenvalue weighted by atomic mass is 10.0. The maximum atomic E-state index is 12.2. The molecule has 6 heteroatoms. The molecule has 0 bridgehead atoms. The maximum absolute atomic E-state index is 12.2. The SMILES string of the molecule is CC(C)c1ccc(NC(=O)CN(C)CC(=O)N2CCNCC2)cc1. The molecule has 0 saturated carbocycles. The Labute approximate surface area is 144 Å². The van der Waals surface area contributed by atoms with Crippen LogP contribution in [0.2, 0.25) is 0 Å². The highest BCUT2D eigenvalue weighted by atomic mass is 16.2. The number of rotatable bonds is 6. The van der Waals surface area contributed by atoms with Crippen molar-refractivity contribution in [1.82, 2.24) is 15.1 Å². The molecule has 0 spiro atoms. The van der Waals surface area contributed by atoms with Gasteiger partial charge in [0, 0.05) is 31.9 Å². The van der Waals surface area contributed by atoms with Gasteiger partial charge in [0.15, 0.2) is 0 Å². The maximum Gasteiger partial charge on any atom is 0.238 e. The number of amides is 2. The van der Waals surface area contributed by atoms with Crippen molar-refractivity contribution in [3.63, 3.8) is 0 Å². The monoisotopic (exact) mass is 332 g/mol. The Bertz CT molecular complexity index is 551. The van der Waals surface area contributed by atoms with Gasteiger partial charge in [-0.05, 0) is 30.7 Å². The van der Waals surface area contributed by atoms with Gasteiger partial charge in [-0.1, -0.05) is 26.0 Å². The van der Waals surface area contributed by atoms with Gasteiger partial charge in [0.25, 0.3) is 0 Å². The molecule has 2 amide bonds. The average Bonchev–Trinajstić information content (AvgIpc) is 2.55. The first-order chi connectivity index (χ1) is 11.5. The van der Waals surface area contributed by atoms with Crippen molar-refractivity contribution in [2.24, 2.45) is 0 Å². The predicted octanol–water partition coefficient (Wildman–Crippen LogP) is 1.11. The van der Waals surface area contributed by atoms with E-state index in [2.05, 4.69) is 24.5 Å². The van der Waals surface area contributed by atoms with Gasteiger partial charge >= 0.3 is 0 Å². The standard InChI is InChI=1S/C18H28N4O2/c1-14(2)15-4-6-16(7-5-15)20-17(23)12-21(3)13-18(24)22-10-8-19-9-11-22/h4-7,14,19H,8-13H2,1-3H3,(H,20,23). The first-order valence-electron chi connectivity index (χ1n) is 8.52. The fourth-order valence-corrected chi connectivity index (χ4v) is 2.70. The number of carbonyl (C=O) groups excluding carboxylic acids is 2. The van der Waals surface area contributed by atoms with Gasteiger partial charge < -0.3 is 15.5 Å². The van der Waals surface area contributed by atoms with Crippen LogP contribution in [0.4, 0.5) is 5.69 Å². The molecule has 1 aliphatic heterocycles. The Morgan fingerprint density at radius 3 is 2.38 bits per heavy atom. The number of piperazine rings is 1. The van der Waals surface area contributed by atoms with Crippen molar-refractivity contribution in [2.45, 2.75) is 19.8 Å². The molecule has 24 heavy (non-hydrogen) atoms. The highest BCUT2D eigenvalue weighted by Gasteiger charge is 2.18. The second-order valence-corrected chi connectivity index (χ2v) is 6.63. The molecule has 1 saturated heterocycles. The van der Waals surface area contributed by atoms with E-state index in [0.717, 1.165) is 31.9 Å². The molecule has 0 atom stereocenters. The molecule has 2 rings (SSSR count). The van der Waals surface area contributed by atoms with Crippen LogP contribution in [0.25, 0.3) is 0 Å². The second kappa shape index (κ2) is 8.80. The summed E-state index contributed by atoms with van der Waals surface area (Å²) in [5.74, 6) is 0.438. The molecule has 6 nitrogen and oxygen atoms in total. The van der Waals surface area contributed by atoms with Crippen LogP contribution in [0.15, 0.2) is 24.3 Å². The lowest BCUT2D eigenvalue weighted by Crippen LogP contribution is -2.49. The zero-order valence-corrected chi connectivity index (χ0v) is 14.8. The summed E-state index contributed by atoms with van der Waals surface area (Å²) in [7, 11) is 1.79. The van der Waals surface area contributed by atoms with Crippen LogP contribution in [0.3, 0.4) is 0 Å². The van der Waals surface area contributed by atoms with Gasteiger partial charge in [0.05, 0.1) is 13.1 Å². The van der Waals surface area contributed by atoms with Gasteiger partial charge in [-0.15, -0.1) is 0 Å². The molecule has 132 valence electrons. The van der Waals surface area contributed by atoms with Crippen molar-refractivity contribution in [3.05, 3.63) is 29.8 Å². The van der Waals surface area contributed by atoms with E-state index in [4.69, 9.17) is 0 Å². The minimum absolute atomic E-state index is 0.0769. The van der Waals surface area contributed by atoms with Crippen molar-refractivity contribution in [3.8, 4) is 0 Å². The number of likely N-dealkylation sites (N-methyl/N-ethyl adjacent to an activating group) is 1. The second-order valence-electron chi connectivity index (χ2n) is 6.63. The first kappa shape index (κ1) is 18.4. The summed E-state index contributed by atoms with van der Waals surface area (Å²) in [6.45, 7) is 7.88. The Kier molecular flexibility index (Phi) is 6.75. The quantitative estimate of drug-likeness (QED) is 0.819. The van der Waals surface area contributed by atoms with Crippen molar-refractivity contribution in [1.29, 1.82) is 0 Å². The van der Waals surface area contributed by atoms with Gasteiger partial charge in [-0.25, -0.2) is 0 Å². The van der Waals surface area contributed by atoms with E-state index in [-0.39, 0.29) is 24.9 Å². The zero-order chi connectivity index (χ0) is 17.5. The van der Waals surface area contributed by atoms with Crippen LogP contribution >= 0.6 is 0 Å². The highest BCUT2D eigenvalue weighted by molar-refractivity contribution is 5.92. The number of hydrogen-bond donors (Lipinski definition) is 2. The number of nitrogens with one attached hydrogen (secondary N) is 2. The Morgan fingerprint density at radius 1 is 1.17 bits per heavy atom. The molecule has 2 N–H and O–H groups in total. The molecule has 0 radical (unpaired) electrons. The molecule has 1 aromatic carbocycles. The van der Waals surface area contributed by atoms with E-state index < -0.39 is 0 Å². The summed E-state index contributed by atoms with van der Waals surface area (Å²) in [4.78, 5) is 27.9. The average molecular weight is 332 g/mol. The summed E-state index contributed by atoms with van der Waals surface area (Å²) in [6, 6.07) is 7.88. The molecule has 0 aromatic heterocycles. The minimum atomic E-state index is -0.108. The summed E-state index contributed by atoms with van der Waals surface area (Å²) in [5.41, 5.74) is 2.03. The van der Waals surface area contributed by atoms with Gasteiger partial charge in [0.2, 0.25) is 11.8 Å². The molecule has 1 aromatic rings. The third-order valence-electron chi connectivity index (χ3n) is 4.15. The predicted molar refractivity (Wildman–Crippen MR) is 96.1 cm³/mol. The van der Waals surface area contributed by atoms with E-state index in [1.807, 2.05) is 29.2 Å². The normalized spacial score (nSPS) is 15.0. The van der Waals surface area contributed by atoms with Crippen LogP contribution in [0.5, 0.6) is 0 Å². The highest BCUT2D eigenvalue weighted by Crippen LogP contribution is 2.17. The first-order valence-corrected chi connectivity index (χ1v) is 8.52. The molecule has 0 unspecified atom stereocenters. The number of anilines is 1. The zero-order valence-electron chi connectivity index (χ0n) is 14.8. The summed E-state index contributed by atoms with van der Waals surface area (Å²) < 4.78 is 0. The Hall–Kier alpha value is -1.92.